The first kappa shape index (κ1) is 26.0. The van der Waals surface area contributed by atoms with Crippen molar-refractivity contribution in [1.82, 2.24) is 0 Å². The second-order valence-corrected chi connectivity index (χ2v) is 10.5. The predicted molar refractivity (Wildman–Crippen MR) is 122 cm³/mol. The highest BCUT2D eigenvalue weighted by Crippen LogP contribution is 2.28. The summed E-state index contributed by atoms with van der Waals surface area (Å²) < 4.78 is 22.4. The molecule has 0 spiro atoms. The number of carboxylic acids is 1. The molecule has 0 aliphatic carbocycles. The summed E-state index contributed by atoms with van der Waals surface area (Å²) in [6, 6.07) is 5.66. The monoisotopic (exact) mass is 443 g/mol. The van der Waals surface area contributed by atoms with Crippen molar-refractivity contribution in [2.24, 2.45) is 5.14 Å². The molecule has 0 bridgehead atoms. The quantitative estimate of drug-likeness (QED) is 0.256. The SMILES string of the molecule is CCCCCCCCCCCCc1c(CC(=O)O)cccc1SCCS(N)(=O)=O. The first-order chi connectivity index (χ1) is 13.8. The minimum Gasteiger partial charge on any atom is -0.481 e. The van der Waals surface area contributed by atoms with Gasteiger partial charge in [0.1, 0.15) is 0 Å². The van der Waals surface area contributed by atoms with E-state index in [1.165, 1.54) is 63.1 Å². The van der Waals surface area contributed by atoms with E-state index >= 15 is 0 Å². The molecule has 7 heteroatoms. The number of rotatable bonds is 17. The molecule has 0 fully saturated rings. The molecular weight excluding hydrogens is 406 g/mol. The van der Waals surface area contributed by atoms with E-state index in [4.69, 9.17) is 5.14 Å². The summed E-state index contributed by atoms with van der Waals surface area (Å²) in [5.74, 6) is -0.556. The lowest BCUT2D eigenvalue weighted by Gasteiger charge is -2.14. The summed E-state index contributed by atoms with van der Waals surface area (Å²) in [7, 11) is -3.49. The lowest BCUT2D eigenvalue weighted by molar-refractivity contribution is -0.136. The van der Waals surface area contributed by atoms with Crippen LogP contribution >= 0.6 is 11.8 Å². The summed E-state index contributed by atoms with van der Waals surface area (Å²) in [5.41, 5.74) is 1.88. The van der Waals surface area contributed by atoms with Crippen molar-refractivity contribution < 1.29 is 18.3 Å². The van der Waals surface area contributed by atoms with Gasteiger partial charge in [0.2, 0.25) is 10.0 Å². The molecule has 5 nitrogen and oxygen atoms in total. The number of hydrogen-bond acceptors (Lipinski definition) is 4. The minimum absolute atomic E-state index is 0.00329. The molecule has 1 aromatic rings. The number of primary sulfonamides is 1. The van der Waals surface area contributed by atoms with Gasteiger partial charge in [-0.25, -0.2) is 13.6 Å². The molecule has 0 aromatic heterocycles. The smallest absolute Gasteiger partial charge is 0.307 e. The maximum absolute atomic E-state index is 11.2. The molecule has 0 atom stereocenters. The van der Waals surface area contributed by atoms with Crippen LogP contribution in [0.5, 0.6) is 0 Å². The fraction of sp³-hybridized carbons (Fsp3) is 0.682. The Labute approximate surface area is 180 Å². The topological polar surface area (TPSA) is 97.5 Å². The molecule has 0 radical (unpaired) electrons. The maximum atomic E-state index is 11.2. The standard InChI is InChI=1S/C22H37NO4S2/c1-2-3-4-5-6-7-8-9-10-11-14-20-19(18-22(24)25)13-12-15-21(20)28-16-17-29(23,26)27/h12-13,15H,2-11,14,16-18H2,1H3,(H,24,25)(H2,23,26,27). The molecule has 0 heterocycles. The second-order valence-electron chi connectivity index (χ2n) is 7.61. The highest BCUT2D eigenvalue weighted by molar-refractivity contribution is 8.00. The van der Waals surface area contributed by atoms with E-state index in [2.05, 4.69) is 6.92 Å². The summed E-state index contributed by atoms with van der Waals surface area (Å²) in [4.78, 5) is 12.2. The van der Waals surface area contributed by atoms with Gasteiger partial charge >= 0.3 is 5.97 Å². The first-order valence-electron chi connectivity index (χ1n) is 10.8. The van der Waals surface area contributed by atoms with Crippen LogP contribution in [-0.4, -0.2) is 31.0 Å². The molecule has 166 valence electrons. The van der Waals surface area contributed by atoms with Crippen molar-refractivity contribution >= 4 is 27.8 Å². The van der Waals surface area contributed by atoms with Crippen molar-refractivity contribution in [3.05, 3.63) is 29.3 Å². The largest absolute Gasteiger partial charge is 0.481 e. The number of aliphatic carboxylic acids is 1. The number of carboxylic acid groups (broad SMARTS) is 1. The van der Waals surface area contributed by atoms with Gasteiger partial charge in [0.05, 0.1) is 12.2 Å². The van der Waals surface area contributed by atoms with Crippen LogP contribution in [0.4, 0.5) is 0 Å². The Morgan fingerprint density at radius 1 is 1.00 bits per heavy atom. The van der Waals surface area contributed by atoms with E-state index in [1.807, 2.05) is 18.2 Å². The number of nitrogens with two attached hydrogens (primary N) is 1. The normalized spacial score (nSPS) is 11.7. The number of unbranched alkanes of at least 4 members (excludes halogenated alkanes) is 9. The highest BCUT2D eigenvalue weighted by Gasteiger charge is 2.13. The average molecular weight is 444 g/mol. The van der Waals surface area contributed by atoms with Crippen molar-refractivity contribution in [2.75, 3.05) is 11.5 Å². The number of hydrogen-bond donors (Lipinski definition) is 2. The Kier molecular flexibility index (Phi) is 13.3. The van der Waals surface area contributed by atoms with Gasteiger partial charge in [0.15, 0.2) is 0 Å². The van der Waals surface area contributed by atoms with E-state index < -0.39 is 16.0 Å². The number of benzene rings is 1. The lowest BCUT2D eigenvalue weighted by atomic mass is 9.98. The fourth-order valence-electron chi connectivity index (χ4n) is 3.42. The zero-order valence-electron chi connectivity index (χ0n) is 17.7. The Morgan fingerprint density at radius 2 is 1.59 bits per heavy atom. The molecular formula is C22H37NO4S2. The summed E-state index contributed by atoms with van der Waals surface area (Å²) in [6.45, 7) is 2.23. The molecule has 0 unspecified atom stereocenters. The van der Waals surface area contributed by atoms with E-state index in [0.29, 0.717) is 5.75 Å². The number of thioether (sulfide) groups is 1. The Balaban J connectivity index is 2.50. The number of sulfonamides is 1. The van der Waals surface area contributed by atoms with E-state index in [-0.39, 0.29) is 12.2 Å². The third kappa shape index (κ3) is 13.0. The van der Waals surface area contributed by atoms with Crippen LogP contribution < -0.4 is 5.14 Å². The van der Waals surface area contributed by atoms with Crippen LogP contribution in [0.3, 0.4) is 0 Å². The summed E-state index contributed by atoms with van der Waals surface area (Å²) >= 11 is 1.44. The van der Waals surface area contributed by atoms with Crippen molar-refractivity contribution in [2.45, 2.75) is 88.9 Å². The zero-order valence-corrected chi connectivity index (χ0v) is 19.3. The van der Waals surface area contributed by atoms with Gasteiger partial charge < -0.3 is 5.11 Å². The molecule has 3 N–H and O–H groups in total. The second kappa shape index (κ2) is 14.9. The molecule has 0 saturated carbocycles. The van der Waals surface area contributed by atoms with Gasteiger partial charge in [0.25, 0.3) is 0 Å². The fourth-order valence-corrected chi connectivity index (χ4v) is 5.48. The molecule has 29 heavy (non-hydrogen) atoms. The molecule has 0 aliphatic heterocycles. The van der Waals surface area contributed by atoms with E-state index in [9.17, 15) is 18.3 Å². The molecule has 0 aliphatic rings. The van der Waals surface area contributed by atoms with Gasteiger partial charge in [-0.1, -0.05) is 76.8 Å². The molecule has 1 aromatic carbocycles. The van der Waals surface area contributed by atoms with Crippen LogP contribution in [0.1, 0.15) is 82.3 Å². The third-order valence-electron chi connectivity index (χ3n) is 4.98. The predicted octanol–water partition coefficient (Wildman–Crippen LogP) is 5.16. The zero-order chi connectivity index (χ0) is 21.5. The molecule has 0 saturated heterocycles. The van der Waals surface area contributed by atoms with Crippen molar-refractivity contribution in [3.63, 3.8) is 0 Å². The van der Waals surface area contributed by atoms with Crippen molar-refractivity contribution in [1.29, 1.82) is 0 Å². The Morgan fingerprint density at radius 3 is 2.14 bits per heavy atom. The maximum Gasteiger partial charge on any atom is 0.307 e. The van der Waals surface area contributed by atoms with Gasteiger partial charge in [-0.05, 0) is 30.0 Å². The van der Waals surface area contributed by atoms with Crippen LogP contribution in [0.25, 0.3) is 0 Å². The van der Waals surface area contributed by atoms with E-state index in [0.717, 1.165) is 35.3 Å². The van der Waals surface area contributed by atoms with Gasteiger partial charge in [-0.2, -0.15) is 0 Å². The van der Waals surface area contributed by atoms with Crippen LogP contribution in [0.15, 0.2) is 23.1 Å². The summed E-state index contributed by atoms with van der Waals surface area (Å²) in [5, 5.41) is 14.3. The van der Waals surface area contributed by atoms with Crippen LogP contribution in [-0.2, 0) is 27.7 Å². The molecule has 1 rings (SSSR count). The average Bonchev–Trinajstić information content (AvgIpc) is 2.63. The number of carbonyl (C=O) groups is 1. The first-order valence-corrected chi connectivity index (χ1v) is 13.5. The van der Waals surface area contributed by atoms with Crippen molar-refractivity contribution in [3.8, 4) is 0 Å². The minimum atomic E-state index is -3.49. The Bertz CT molecular complexity index is 705. The van der Waals surface area contributed by atoms with Gasteiger partial charge in [0, 0.05) is 10.6 Å². The third-order valence-corrected chi connectivity index (χ3v) is 7.11. The highest BCUT2D eigenvalue weighted by atomic mass is 32.2. The van der Waals surface area contributed by atoms with Crippen LogP contribution in [0.2, 0.25) is 0 Å². The van der Waals surface area contributed by atoms with Gasteiger partial charge in [-0.3, -0.25) is 4.79 Å². The molecule has 0 amide bonds. The Hall–Kier alpha value is -1.05. The van der Waals surface area contributed by atoms with Gasteiger partial charge in [-0.15, -0.1) is 11.8 Å². The summed E-state index contributed by atoms with van der Waals surface area (Å²) in [6.07, 6.45) is 13.4. The van der Waals surface area contributed by atoms with E-state index in [1.54, 1.807) is 0 Å². The lowest BCUT2D eigenvalue weighted by Crippen LogP contribution is -2.17. The van der Waals surface area contributed by atoms with Crippen LogP contribution in [0, 0.1) is 0 Å².